The molecule has 0 aliphatic carbocycles. The van der Waals surface area contributed by atoms with Crippen LogP contribution in [0.15, 0.2) is 18.3 Å². The van der Waals surface area contributed by atoms with E-state index in [0.29, 0.717) is 6.04 Å². The van der Waals surface area contributed by atoms with Crippen molar-refractivity contribution in [2.75, 3.05) is 0 Å². The van der Waals surface area contributed by atoms with Gasteiger partial charge >= 0.3 is 0 Å². The predicted molar refractivity (Wildman–Crippen MR) is 59.6 cm³/mol. The van der Waals surface area contributed by atoms with Crippen molar-refractivity contribution in [2.24, 2.45) is 0 Å². The molecular weight excluding hydrogens is 172 g/mol. The van der Waals surface area contributed by atoms with Gasteiger partial charge in [0.15, 0.2) is 0 Å². The smallest absolute Gasteiger partial charge is 0.0926 e. The molecule has 0 bridgehead atoms. The highest BCUT2D eigenvalue weighted by Gasteiger charge is 2.04. The Labute approximate surface area is 84.5 Å². The van der Waals surface area contributed by atoms with E-state index in [0.717, 1.165) is 5.52 Å². The lowest BCUT2D eigenvalue weighted by molar-refractivity contribution is 0.537. The summed E-state index contributed by atoms with van der Waals surface area (Å²) in [5.41, 5.74) is 3.74. The molecule has 1 aromatic carbocycles. The Morgan fingerprint density at radius 1 is 1.14 bits per heavy atom. The van der Waals surface area contributed by atoms with Crippen LogP contribution in [0.4, 0.5) is 0 Å². The summed E-state index contributed by atoms with van der Waals surface area (Å²) in [6.07, 6.45) is 2.12. The molecule has 74 valence electrons. The fourth-order valence-corrected chi connectivity index (χ4v) is 1.57. The maximum atomic E-state index is 4.53. The number of hydrogen-bond acceptors (Lipinski definition) is 1. The summed E-state index contributed by atoms with van der Waals surface area (Å²) >= 11 is 0. The largest absolute Gasteiger partial charge is 0.269 e. The van der Waals surface area contributed by atoms with Gasteiger partial charge in [0.25, 0.3) is 0 Å². The monoisotopic (exact) mass is 188 g/mol. The van der Waals surface area contributed by atoms with E-state index in [1.807, 2.05) is 4.68 Å². The lowest BCUT2D eigenvalue weighted by atomic mass is 10.1. The molecule has 2 heteroatoms. The molecule has 14 heavy (non-hydrogen) atoms. The predicted octanol–water partition coefficient (Wildman–Crippen LogP) is 3.23. The highest BCUT2D eigenvalue weighted by Crippen LogP contribution is 2.19. The number of nitrogens with zero attached hydrogens (tertiary/aromatic N) is 2. The van der Waals surface area contributed by atoms with E-state index >= 15 is 0 Å². The number of fused-ring (bicyclic) bond motifs is 1. The van der Waals surface area contributed by atoms with Crippen molar-refractivity contribution >= 4 is 10.9 Å². The second-order valence-electron chi connectivity index (χ2n) is 4.20. The first-order valence-electron chi connectivity index (χ1n) is 5.04. The molecule has 0 atom stereocenters. The summed E-state index contributed by atoms with van der Waals surface area (Å²) in [5.74, 6) is 0. The van der Waals surface area contributed by atoms with Gasteiger partial charge in [0.05, 0.1) is 5.52 Å². The van der Waals surface area contributed by atoms with E-state index in [9.17, 15) is 0 Å². The average Bonchev–Trinajstić information content (AvgIpc) is 2.48. The Morgan fingerprint density at radius 2 is 1.79 bits per heavy atom. The van der Waals surface area contributed by atoms with Crippen LogP contribution in [0.25, 0.3) is 10.9 Å². The molecule has 0 aliphatic heterocycles. The molecule has 0 radical (unpaired) electrons. The molecule has 2 aromatic rings. The van der Waals surface area contributed by atoms with E-state index in [-0.39, 0.29) is 0 Å². The number of benzene rings is 1. The summed E-state index contributed by atoms with van der Waals surface area (Å²) in [4.78, 5) is 0. The van der Waals surface area contributed by atoms with Crippen molar-refractivity contribution in [2.45, 2.75) is 33.7 Å². The average molecular weight is 188 g/mol. The number of aromatic nitrogens is 2. The van der Waals surface area contributed by atoms with Gasteiger partial charge in [-0.1, -0.05) is 0 Å². The van der Waals surface area contributed by atoms with Crippen LogP contribution < -0.4 is 0 Å². The Hall–Kier alpha value is -1.31. The van der Waals surface area contributed by atoms with Crippen LogP contribution in [0.3, 0.4) is 0 Å². The van der Waals surface area contributed by atoms with Gasteiger partial charge in [-0.05, 0) is 51.0 Å². The molecule has 0 fully saturated rings. The van der Waals surface area contributed by atoms with Crippen molar-refractivity contribution in [1.29, 1.82) is 0 Å². The van der Waals surface area contributed by atoms with E-state index in [2.05, 4.69) is 51.1 Å². The van der Waals surface area contributed by atoms with E-state index < -0.39 is 0 Å². The Balaban J connectivity index is 2.66. The van der Waals surface area contributed by atoms with E-state index in [1.54, 1.807) is 0 Å². The first-order chi connectivity index (χ1) is 6.58. The number of aryl methyl sites for hydroxylation is 2. The Bertz CT molecular complexity index is 427. The first kappa shape index (κ1) is 9.25. The summed E-state index contributed by atoms with van der Waals surface area (Å²) in [7, 11) is 0. The molecule has 0 aliphatic rings. The van der Waals surface area contributed by atoms with E-state index in [1.165, 1.54) is 16.5 Å². The summed E-state index contributed by atoms with van der Waals surface area (Å²) in [6, 6.07) is 4.79. The molecular formula is C12H16N2. The molecule has 0 unspecified atom stereocenters. The topological polar surface area (TPSA) is 17.8 Å². The quantitative estimate of drug-likeness (QED) is 0.671. The second kappa shape index (κ2) is 3.12. The summed E-state index contributed by atoms with van der Waals surface area (Å²) in [5, 5.41) is 5.77. The molecule has 1 aromatic heterocycles. The van der Waals surface area contributed by atoms with Crippen molar-refractivity contribution in [1.82, 2.24) is 9.78 Å². The van der Waals surface area contributed by atoms with Gasteiger partial charge in [-0.2, -0.15) is 5.10 Å². The Kier molecular flexibility index (Phi) is 2.06. The van der Waals surface area contributed by atoms with Crippen LogP contribution in [0.1, 0.15) is 31.0 Å². The van der Waals surface area contributed by atoms with Crippen LogP contribution in [0.5, 0.6) is 0 Å². The molecule has 1 heterocycles. The maximum Gasteiger partial charge on any atom is 0.0926 e. The first-order valence-corrected chi connectivity index (χ1v) is 5.04. The van der Waals surface area contributed by atoms with Gasteiger partial charge in [0.1, 0.15) is 0 Å². The third kappa shape index (κ3) is 1.41. The molecule has 0 saturated heterocycles. The minimum atomic E-state index is 0.433. The van der Waals surface area contributed by atoms with Crippen molar-refractivity contribution < 1.29 is 0 Å². The van der Waals surface area contributed by atoms with Crippen LogP contribution in [-0.2, 0) is 0 Å². The number of hydrogen-bond donors (Lipinski definition) is 0. The zero-order valence-corrected chi connectivity index (χ0v) is 9.20. The minimum Gasteiger partial charge on any atom is -0.269 e. The highest BCUT2D eigenvalue weighted by atomic mass is 15.3. The van der Waals surface area contributed by atoms with Crippen molar-refractivity contribution in [3.8, 4) is 0 Å². The van der Waals surface area contributed by atoms with Crippen LogP contribution in [0.2, 0.25) is 0 Å². The summed E-state index contributed by atoms with van der Waals surface area (Å²) in [6.45, 7) is 8.56. The van der Waals surface area contributed by atoms with E-state index in [4.69, 9.17) is 0 Å². The number of rotatable bonds is 1. The van der Waals surface area contributed by atoms with Crippen molar-refractivity contribution in [3.05, 3.63) is 29.5 Å². The third-order valence-corrected chi connectivity index (χ3v) is 2.67. The fraction of sp³-hybridized carbons (Fsp3) is 0.417. The SMILES string of the molecule is Cc1cc2cn(C(C)C)nc2cc1C. The molecule has 2 rings (SSSR count). The van der Waals surface area contributed by atoms with Crippen LogP contribution >= 0.6 is 0 Å². The Morgan fingerprint density at radius 3 is 2.43 bits per heavy atom. The van der Waals surface area contributed by atoms with Gasteiger partial charge in [-0.3, -0.25) is 4.68 Å². The fourth-order valence-electron chi connectivity index (χ4n) is 1.57. The van der Waals surface area contributed by atoms with Gasteiger partial charge in [0.2, 0.25) is 0 Å². The maximum absolute atomic E-state index is 4.53. The standard InChI is InChI=1S/C12H16N2/c1-8(2)14-7-11-5-9(3)10(4)6-12(11)13-14/h5-8H,1-4H3. The van der Waals surface area contributed by atoms with Crippen LogP contribution in [0, 0.1) is 13.8 Å². The zero-order chi connectivity index (χ0) is 10.3. The van der Waals surface area contributed by atoms with Gasteiger partial charge in [-0.15, -0.1) is 0 Å². The molecule has 0 spiro atoms. The molecule has 0 saturated carbocycles. The van der Waals surface area contributed by atoms with Crippen LogP contribution in [-0.4, -0.2) is 9.78 Å². The lowest BCUT2D eigenvalue weighted by Gasteiger charge is -2.02. The van der Waals surface area contributed by atoms with Gasteiger partial charge < -0.3 is 0 Å². The third-order valence-electron chi connectivity index (χ3n) is 2.67. The van der Waals surface area contributed by atoms with Crippen molar-refractivity contribution in [3.63, 3.8) is 0 Å². The summed E-state index contributed by atoms with van der Waals surface area (Å²) < 4.78 is 2.02. The minimum absolute atomic E-state index is 0.433. The van der Waals surface area contributed by atoms with Gasteiger partial charge in [0, 0.05) is 17.6 Å². The zero-order valence-electron chi connectivity index (χ0n) is 9.20. The molecule has 0 N–H and O–H groups in total. The molecule has 0 amide bonds. The highest BCUT2D eigenvalue weighted by molar-refractivity contribution is 5.79. The lowest BCUT2D eigenvalue weighted by Crippen LogP contribution is -1.99. The normalized spacial score (nSPS) is 11.5. The second-order valence-corrected chi connectivity index (χ2v) is 4.20. The van der Waals surface area contributed by atoms with Gasteiger partial charge in [-0.25, -0.2) is 0 Å². The molecule has 2 nitrogen and oxygen atoms in total.